The minimum atomic E-state index is -4.73. The molecule has 1 aromatic carbocycles. The van der Waals surface area contributed by atoms with E-state index in [0.29, 0.717) is 0 Å². The maximum atomic E-state index is 13.3. The highest BCUT2D eigenvalue weighted by molar-refractivity contribution is 7.99. The Morgan fingerprint density at radius 3 is 2.63 bits per heavy atom. The molecule has 2 atom stereocenters. The lowest BCUT2D eigenvalue weighted by Crippen LogP contribution is -2.55. The molecule has 0 saturated heterocycles. The monoisotopic (exact) mass is 291 g/mol. The van der Waals surface area contributed by atoms with Gasteiger partial charge in [-0.05, 0) is 37.6 Å². The van der Waals surface area contributed by atoms with Crippen LogP contribution in [0.1, 0.15) is 18.1 Å². The normalized spacial score (nSPS) is 19.9. The summed E-state index contributed by atoms with van der Waals surface area (Å²) >= 11 is 1.63. The number of aryl methyl sites for hydroxylation is 1. The van der Waals surface area contributed by atoms with Crippen molar-refractivity contribution in [2.75, 3.05) is 12.8 Å². The number of fused-ring (bicyclic) bond motifs is 1. The number of aliphatic hydroxyl groups is 1. The van der Waals surface area contributed by atoms with Gasteiger partial charge >= 0.3 is 6.18 Å². The third kappa shape index (κ3) is 2.37. The van der Waals surface area contributed by atoms with E-state index < -0.39 is 17.8 Å². The number of hydrogen-bond donors (Lipinski definition) is 2. The van der Waals surface area contributed by atoms with Crippen molar-refractivity contribution in [3.8, 4) is 0 Å². The first-order valence-corrected chi connectivity index (χ1v) is 7.02. The second-order valence-electron chi connectivity index (χ2n) is 4.70. The number of thioether (sulfide) groups is 1. The number of alkyl halides is 3. The van der Waals surface area contributed by atoms with Crippen LogP contribution in [0, 0.1) is 0 Å². The summed E-state index contributed by atoms with van der Waals surface area (Å²) in [6.07, 6.45) is -3.98. The van der Waals surface area contributed by atoms with E-state index in [9.17, 15) is 18.3 Å². The summed E-state index contributed by atoms with van der Waals surface area (Å²) in [5.74, 6) is 0.880. The number of benzene rings is 1. The zero-order valence-corrected chi connectivity index (χ0v) is 11.5. The van der Waals surface area contributed by atoms with Gasteiger partial charge in [-0.1, -0.05) is 12.1 Å². The Bertz CT molecular complexity index is 477. The van der Waals surface area contributed by atoms with Crippen molar-refractivity contribution < 1.29 is 18.3 Å². The first-order chi connectivity index (χ1) is 8.80. The summed E-state index contributed by atoms with van der Waals surface area (Å²) in [6, 6.07) is 3.40. The zero-order valence-electron chi connectivity index (χ0n) is 10.7. The van der Waals surface area contributed by atoms with Crippen molar-refractivity contribution in [1.82, 2.24) is 5.32 Å². The Morgan fingerprint density at radius 2 is 2.05 bits per heavy atom. The van der Waals surface area contributed by atoms with Gasteiger partial charge in [0.05, 0.1) is 0 Å². The van der Waals surface area contributed by atoms with Gasteiger partial charge in [-0.2, -0.15) is 13.2 Å². The van der Waals surface area contributed by atoms with Crippen LogP contribution in [0.3, 0.4) is 0 Å². The van der Waals surface area contributed by atoms with Crippen LogP contribution in [-0.4, -0.2) is 30.1 Å². The van der Waals surface area contributed by atoms with E-state index >= 15 is 0 Å². The van der Waals surface area contributed by atoms with Crippen molar-refractivity contribution in [2.24, 2.45) is 0 Å². The highest BCUT2D eigenvalue weighted by atomic mass is 32.2. The maximum Gasteiger partial charge on any atom is 0.422 e. The molecule has 0 radical (unpaired) electrons. The van der Waals surface area contributed by atoms with Crippen molar-refractivity contribution in [3.05, 3.63) is 29.3 Å². The first-order valence-electron chi connectivity index (χ1n) is 6.03. The summed E-state index contributed by atoms with van der Waals surface area (Å²) in [6.45, 7) is 1.33. The van der Waals surface area contributed by atoms with E-state index in [1.165, 1.54) is 26.1 Å². The molecule has 106 valence electrons. The molecule has 2 N–H and O–H groups in total. The van der Waals surface area contributed by atoms with Gasteiger partial charge in [0.2, 0.25) is 5.60 Å². The predicted octanol–water partition coefficient (Wildman–Crippen LogP) is 2.69. The van der Waals surface area contributed by atoms with Crippen LogP contribution in [0.2, 0.25) is 0 Å². The van der Waals surface area contributed by atoms with Crippen LogP contribution >= 0.6 is 11.8 Å². The van der Waals surface area contributed by atoms with Gasteiger partial charge in [0.1, 0.15) is 0 Å². The van der Waals surface area contributed by atoms with Crippen molar-refractivity contribution in [3.63, 3.8) is 0 Å². The van der Waals surface area contributed by atoms with E-state index in [1.807, 2.05) is 0 Å². The Kier molecular flexibility index (Phi) is 3.86. The van der Waals surface area contributed by atoms with Crippen LogP contribution in [0.4, 0.5) is 13.2 Å². The van der Waals surface area contributed by atoms with E-state index in [0.717, 1.165) is 22.6 Å². The molecule has 0 amide bonds. The summed E-state index contributed by atoms with van der Waals surface area (Å²) in [5, 5.41) is 12.7. The molecule has 0 aliphatic carbocycles. The fourth-order valence-electron chi connectivity index (χ4n) is 2.29. The molecule has 0 bridgehead atoms. The molecule has 1 aliphatic heterocycles. The fourth-order valence-corrected chi connectivity index (χ4v) is 3.34. The largest absolute Gasteiger partial charge is 0.422 e. The number of halogens is 3. The Hall–Kier alpha value is -0.720. The standard InChI is InChI=1S/C13H16F3NOS/c1-8(17-2)12(18,13(14,15)16)10-3-4-11-9(7-10)5-6-19-11/h3-4,7-8,17-18H,5-6H2,1-2H3. The number of likely N-dealkylation sites (N-methyl/N-ethyl adjacent to an activating group) is 1. The van der Waals surface area contributed by atoms with Gasteiger partial charge < -0.3 is 10.4 Å². The number of hydrogen-bond acceptors (Lipinski definition) is 3. The van der Waals surface area contributed by atoms with Crippen LogP contribution in [0.5, 0.6) is 0 Å². The third-order valence-electron chi connectivity index (χ3n) is 3.62. The smallest absolute Gasteiger partial charge is 0.375 e. The van der Waals surface area contributed by atoms with Gasteiger partial charge in [-0.3, -0.25) is 0 Å². The molecular weight excluding hydrogens is 275 g/mol. The molecule has 2 nitrogen and oxygen atoms in total. The predicted molar refractivity (Wildman–Crippen MR) is 69.3 cm³/mol. The van der Waals surface area contributed by atoms with Crippen LogP contribution in [0.25, 0.3) is 0 Å². The molecule has 1 aliphatic rings. The highest BCUT2D eigenvalue weighted by Gasteiger charge is 2.58. The molecule has 0 saturated carbocycles. The van der Waals surface area contributed by atoms with Crippen molar-refractivity contribution >= 4 is 11.8 Å². The van der Waals surface area contributed by atoms with Crippen molar-refractivity contribution in [2.45, 2.75) is 36.1 Å². The first kappa shape index (κ1) is 14.7. The van der Waals surface area contributed by atoms with Gasteiger partial charge in [0.25, 0.3) is 0 Å². The quantitative estimate of drug-likeness (QED) is 0.898. The summed E-state index contributed by atoms with van der Waals surface area (Å²) < 4.78 is 39.9. The number of rotatable bonds is 3. The Morgan fingerprint density at radius 1 is 1.37 bits per heavy atom. The summed E-state index contributed by atoms with van der Waals surface area (Å²) in [5.41, 5.74) is -2.08. The fraction of sp³-hybridized carbons (Fsp3) is 0.538. The lowest BCUT2D eigenvalue weighted by Gasteiger charge is -2.36. The zero-order chi connectivity index (χ0) is 14.3. The van der Waals surface area contributed by atoms with Crippen LogP contribution in [-0.2, 0) is 12.0 Å². The van der Waals surface area contributed by atoms with E-state index in [1.54, 1.807) is 17.8 Å². The van der Waals surface area contributed by atoms with E-state index in [4.69, 9.17) is 0 Å². The van der Waals surface area contributed by atoms with Crippen LogP contribution < -0.4 is 5.32 Å². The Labute approximate surface area is 114 Å². The highest BCUT2D eigenvalue weighted by Crippen LogP contribution is 2.43. The topological polar surface area (TPSA) is 32.3 Å². The molecule has 2 rings (SSSR count). The van der Waals surface area contributed by atoms with Gasteiger partial charge in [0.15, 0.2) is 0 Å². The summed E-state index contributed by atoms with van der Waals surface area (Å²) in [4.78, 5) is 1.00. The Balaban J connectivity index is 2.50. The van der Waals surface area contributed by atoms with Crippen LogP contribution in [0.15, 0.2) is 23.1 Å². The molecule has 0 spiro atoms. The minimum Gasteiger partial charge on any atom is -0.375 e. The van der Waals surface area contributed by atoms with Gasteiger partial charge in [-0.25, -0.2) is 0 Å². The lowest BCUT2D eigenvalue weighted by molar-refractivity contribution is -0.275. The van der Waals surface area contributed by atoms with E-state index in [-0.39, 0.29) is 5.56 Å². The summed E-state index contributed by atoms with van der Waals surface area (Å²) in [7, 11) is 1.41. The molecule has 1 heterocycles. The molecule has 1 aromatic rings. The van der Waals surface area contributed by atoms with Gasteiger partial charge in [0, 0.05) is 16.7 Å². The van der Waals surface area contributed by atoms with Crippen molar-refractivity contribution in [1.29, 1.82) is 0 Å². The molecular formula is C13H16F3NOS. The lowest BCUT2D eigenvalue weighted by atomic mass is 9.85. The maximum absolute atomic E-state index is 13.3. The average molecular weight is 291 g/mol. The molecule has 0 aromatic heterocycles. The molecule has 0 fully saturated rings. The molecule has 2 unspecified atom stereocenters. The minimum absolute atomic E-state index is 0.0944. The second-order valence-corrected chi connectivity index (χ2v) is 5.83. The van der Waals surface area contributed by atoms with Gasteiger partial charge in [-0.15, -0.1) is 11.8 Å². The molecule has 6 heteroatoms. The SMILES string of the molecule is CNC(C)C(O)(c1ccc2c(c1)CCS2)C(F)(F)F. The van der Waals surface area contributed by atoms with E-state index in [2.05, 4.69) is 5.32 Å². The number of nitrogens with one attached hydrogen (secondary N) is 1. The molecule has 19 heavy (non-hydrogen) atoms. The second kappa shape index (κ2) is 5.00. The average Bonchev–Trinajstić information content (AvgIpc) is 2.82. The third-order valence-corrected chi connectivity index (χ3v) is 4.74.